The van der Waals surface area contributed by atoms with Crippen LogP contribution in [0.5, 0.6) is 0 Å². The lowest BCUT2D eigenvalue weighted by atomic mass is 10.2. The molecule has 0 aliphatic heterocycles. The Kier molecular flexibility index (Phi) is 3.53. The van der Waals surface area contributed by atoms with E-state index < -0.39 is 0 Å². The van der Waals surface area contributed by atoms with E-state index in [1.54, 1.807) is 0 Å². The molecule has 1 N–H and O–H groups in total. The minimum absolute atomic E-state index is 0.108. The average Bonchev–Trinajstić information content (AvgIpc) is 2.99. The van der Waals surface area contributed by atoms with E-state index in [2.05, 4.69) is 15.5 Å². The van der Waals surface area contributed by atoms with Crippen LogP contribution in [-0.4, -0.2) is 20.7 Å². The molecule has 0 unspecified atom stereocenters. The van der Waals surface area contributed by atoms with Gasteiger partial charge in [0, 0.05) is 18.2 Å². The van der Waals surface area contributed by atoms with Crippen molar-refractivity contribution in [3.8, 4) is 0 Å². The predicted molar refractivity (Wildman–Crippen MR) is 77.0 cm³/mol. The number of rotatable bonds is 5. The Morgan fingerprint density at radius 1 is 1.33 bits per heavy atom. The van der Waals surface area contributed by atoms with Gasteiger partial charge in [-0.2, -0.15) is 0 Å². The molecule has 2 aromatic rings. The molecule has 6 nitrogen and oxygen atoms in total. The van der Waals surface area contributed by atoms with E-state index in [1.165, 1.54) is 0 Å². The molecule has 112 valence electrons. The summed E-state index contributed by atoms with van der Waals surface area (Å²) in [5.41, 5.74) is 0.688. The highest BCUT2D eigenvalue weighted by Gasteiger charge is 2.27. The zero-order chi connectivity index (χ0) is 15.0. The van der Waals surface area contributed by atoms with E-state index in [4.69, 9.17) is 4.42 Å². The third kappa shape index (κ3) is 2.84. The number of amides is 1. The summed E-state index contributed by atoms with van der Waals surface area (Å²) in [5.74, 6) is 1.11. The van der Waals surface area contributed by atoms with Crippen molar-refractivity contribution in [3.63, 3.8) is 0 Å². The lowest BCUT2D eigenvalue weighted by molar-refractivity contribution is 0.0924. The molecule has 1 amide bonds. The number of nitrogens with zero attached hydrogens (tertiary/aromatic N) is 3. The fourth-order valence-corrected chi connectivity index (χ4v) is 2.24. The molecule has 3 rings (SSSR count). The second-order valence-corrected chi connectivity index (χ2v) is 5.86. The monoisotopic (exact) mass is 288 g/mol. The molecule has 2 aromatic heterocycles. The molecule has 1 fully saturated rings. The van der Waals surface area contributed by atoms with Gasteiger partial charge in [0.15, 0.2) is 0 Å². The van der Waals surface area contributed by atoms with E-state index in [-0.39, 0.29) is 17.9 Å². The van der Waals surface area contributed by atoms with Crippen molar-refractivity contribution in [2.75, 3.05) is 0 Å². The van der Waals surface area contributed by atoms with Crippen LogP contribution in [0.15, 0.2) is 22.7 Å². The van der Waals surface area contributed by atoms with Gasteiger partial charge in [-0.05, 0) is 31.9 Å². The van der Waals surface area contributed by atoms with E-state index in [0.717, 1.165) is 12.8 Å². The Morgan fingerprint density at radius 2 is 2.05 bits per heavy atom. The smallest absolute Gasteiger partial charge is 0.268 e. The summed E-state index contributed by atoms with van der Waals surface area (Å²) < 4.78 is 7.61. The molecule has 0 aromatic carbocycles. The van der Waals surface area contributed by atoms with Crippen molar-refractivity contribution in [3.05, 3.63) is 35.8 Å². The Bertz CT molecular complexity index is 640. The number of carbonyl (C=O) groups is 1. The molecule has 6 heteroatoms. The van der Waals surface area contributed by atoms with Crippen LogP contribution in [0.25, 0.3) is 0 Å². The van der Waals surface area contributed by atoms with Crippen LogP contribution >= 0.6 is 0 Å². The van der Waals surface area contributed by atoms with E-state index >= 15 is 0 Å². The summed E-state index contributed by atoms with van der Waals surface area (Å²) in [4.78, 5) is 12.4. The third-order valence-electron chi connectivity index (χ3n) is 3.62. The first-order valence-electron chi connectivity index (χ1n) is 7.37. The Hall–Kier alpha value is -2.11. The van der Waals surface area contributed by atoms with Crippen molar-refractivity contribution in [2.45, 2.75) is 51.6 Å². The maximum absolute atomic E-state index is 12.4. The topological polar surface area (TPSA) is 73.0 Å². The molecule has 0 bridgehead atoms. The minimum Gasteiger partial charge on any atom is -0.423 e. The summed E-state index contributed by atoms with van der Waals surface area (Å²) >= 11 is 0. The molecule has 21 heavy (non-hydrogen) atoms. The van der Waals surface area contributed by atoms with Crippen molar-refractivity contribution < 1.29 is 9.21 Å². The highest BCUT2D eigenvalue weighted by Crippen LogP contribution is 2.36. The quantitative estimate of drug-likeness (QED) is 0.918. The van der Waals surface area contributed by atoms with Gasteiger partial charge in [-0.15, -0.1) is 10.2 Å². The summed E-state index contributed by atoms with van der Waals surface area (Å²) in [6.45, 7) is 5.83. The van der Waals surface area contributed by atoms with Gasteiger partial charge in [0.1, 0.15) is 11.7 Å². The molecule has 1 aliphatic rings. The second kappa shape index (κ2) is 5.35. The summed E-state index contributed by atoms with van der Waals surface area (Å²) in [5, 5.41) is 10.9. The zero-order valence-corrected chi connectivity index (χ0v) is 12.5. The van der Waals surface area contributed by atoms with Crippen LogP contribution in [-0.2, 0) is 0 Å². The maximum atomic E-state index is 12.4. The van der Waals surface area contributed by atoms with Crippen LogP contribution < -0.4 is 5.32 Å². The standard InChI is InChI=1S/C15H20N4O2/c1-9(2)14-17-18-15(21-14)10(3)16-13(20)12-5-4-8-19(12)11-6-7-11/h4-5,8-11H,6-7H2,1-3H3,(H,16,20)/t10-/m0/s1. The summed E-state index contributed by atoms with van der Waals surface area (Å²) in [6.07, 6.45) is 4.25. The highest BCUT2D eigenvalue weighted by molar-refractivity contribution is 5.93. The van der Waals surface area contributed by atoms with E-state index in [1.807, 2.05) is 43.7 Å². The fourth-order valence-electron chi connectivity index (χ4n) is 2.24. The Balaban J connectivity index is 1.69. The normalized spacial score (nSPS) is 16.2. The Morgan fingerprint density at radius 3 is 2.67 bits per heavy atom. The van der Waals surface area contributed by atoms with Gasteiger partial charge in [-0.1, -0.05) is 13.8 Å². The molecule has 1 saturated carbocycles. The lowest BCUT2D eigenvalue weighted by Crippen LogP contribution is -2.28. The van der Waals surface area contributed by atoms with E-state index in [9.17, 15) is 4.79 Å². The molecular weight excluding hydrogens is 268 g/mol. The predicted octanol–water partition coefficient (Wildman–Crippen LogP) is 2.82. The van der Waals surface area contributed by atoms with E-state index in [0.29, 0.717) is 23.5 Å². The van der Waals surface area contributed by atoms with Gasteiger partial charge in [0.2, 0.25) is 11.8 Å². The largest absolute Gasteiger partial charge is 0.423 e. The number of hydrogen-bond acceptors (Lipinski definition) is 4. The Labute approximate surface area is 123 Å². The van der Waals surface area contributed by atoms with Crippen molar-refractivity contribution in [1.82, 2.24) is 20.1 Å². The second-order valence-electron chi connectivity index (χ2n) is 5.86. The molecular formula is C15H20N4O2. The average molecular weight is 288 g/mol. The maximum Gasteiger partial charge on any atom is 0.268 e. The van der Waals surface area contributed by atoms with Crippen molar-refractivity contribution >= 4 is 5.91 Å². The van der Waals surface area contributed by atoms with Gasteiger partial charge in [-0.3, -0.25) is 4.79 Å². The fraction of sp³-hybridized carbons (Fsp3) is 0.533. The van der Waals surface area contributed by atoms with Gasteiger partial charge >= 0.3 is 0 Å². The summed E-state index contributed by atoms with van der Waals surface area (Å²) in [7, 11) is 0. The van der Waals surface area contributed by atoms with Crippen LogP contribution in [0, 0.1) is 0 Å². The lowest BCUT2D eigenvalue weighted by Gasteiger charge is -2.12. The first kappa shape index (κ1) is 13.9. The van der Waals surface area contributed by atoms with Gasteiger partial charge < -0.3 is 14.3 Å². The highest BCUT2D eigenvalue weighted by atomic mass is 16.4. The first-order valence-corrected chi connectivity index (χ1v) is 7.37. The van der Waals surface area contributed by atoms with Crippen molar-refractivity contribution in [1.29, 1.82) is 0 Å². The molecule has 1 atom stereocenters. The molecule has 1 aliphatic carbocycles. The SMILES string of the molecule is CC(C)c1nnc([C@H](C)NC(=O)c2cccn2C2CC2)o1. The van der Waals surface area contributed by atoms with Gasteiger partial charge in [0.25, 0.3) is 5.91 Å². The number of hydrogen-bond donors (Lipinski definition) is 1. The molecule has 2 heterocycles. The van der Waals surface area contributed by atoms with Crippen LogP contribution in [0.1, 0.15) is 73.9 Å². The minimum atomic E-state index is -0.306. The molecule has 0 saturated heterocycles. The summed E-state index contributed by atoms with van der Waals surface area (Å²) in [6, 6.07) is 3.92. The van der Waals surface area contributed by atoms with Crippen LogP contribution in [0.2, 0.25) is 0 Å². The number of carbonyl (C=O) groups excluding carboxylic acids is 1. The molecule has 0 spiro atoms. The molecule has 0 radical (unpaired) electrons. The first-order chi connectivity index (χ1) is 10.1. The van der Waals surface area contributed by atoms with Crippen molar-refractivity contribution in [2.24, 2.45) is 0 Å². The van der Waals surface area contributed by atoms with Crippen LogP contribution in [0.4, 0.5) is 0 Å². The van der Waals surface area contributed by atoms with Gasteiger partial charge in [0.05, 0.1) is 0 Å². The zero-order valence-electron chi connectivity index (χ0n) is 12.5. The van der Waals surface area contributed by atoms with Gasteiger partial charge in [-0.25, -0.2) is 0 Å². The number of aromatic nitrogens is 3. The number of nitrogens with one attached hydrogen (secondary N) is 1. The van der Waals surface area contributed by atoms with Crippen LogP contribution in [0.3, 0.4) is 0 Å². The third-order valence-corrected chi connectivity index (χ3v) is 3.62.